The molecule has 1 fully saturated rings. The molecular formula is C21H22F-. The SMILES string of the molecule is C=CC1CCC(c2ccc(-c3ccc([CH2-])cc3)c(F)c2)CC1. The Kier molecular flexibility index (Phi) is 4.33. The molecule has 0 radical (unpaired) electrons. The van der Waals surface area contributed by atoms with Crippen molar-refractivity contribution < 1.29 is 4.39 Å². The third-order valence-electron chi connectivity index (χ3n) is 4.83. The smallest absolute Gasteiger partial charge is 0.131 e. The summed E-state index contributed by atoms with van der Waals surface area (Å²) in [5.74, 6) is 1.00. The predicted octanol–water partition coefficient (Wildman–Crippen LogP) is 6.13. The molecule has 0 heterocycles. The van der Waals surface area contributed by atoms with Gasteiger partial charge in [0.2, 0.25) is 0 Å². The van der Waals surface area contributed by atoms with Crippen LogP contribution in [-0.4, -0.2) is 0 Å². The highest BCUT2D eigenvalue weighted by atomic mass is 19.1. The molecule has 1 saturated carbocycles. The van der Waals surface area contributed by atoms with E-state index in [0.717, 1.165) is 29.5 Å². The number of halogens is 1. The zero-order valence-electron chi connectivity index (χ0n) is 12.9. The van der Waals surface area contributed by atoms with Crippen LogP contribution in [0.2, 0.25) is 0 Å². The monoisotopic (exact) mass is 293 g/mol. The minimum Gasteiger partial charge on any atom is -0.206 e. The normalized spacial score (nSPS) is 21.5. The highest BCUT2D eigenvalue weighted by molar-refractivity contribution is 5.65. The van der Waals surface area contributed by atoms with Crippen molar-refractivity contribution in [1.29, 1.82) is 0 Å². The second-order valence-electron chi connectivity index (χ2n) is 6.28. The highest BCUT2D eigenvalue weighted by Crippen LogP contribution is 2.37. The molecule has 0 nitrogen and oxygen atoms in total. The molecule has 0 spiro atoms. The van der Waals surface area contributed by atoms with Gasteiger partial charge in [-0.1, -0.05) is 18.2 Å². The van der Waals surface area contributed by atoms with Crippen LogP contribution in [0, 0.1) is 18.7 Å². The van der Waals surface area contributed by atoms with Gasteiger partial charge in [-0.05, 0) is 54.7 Å². The molecule has 0 unspecified atom stereocenters. The molecule has 0 atom stereocenters. The summed E-state index contributed by atoms with van der Waals surface area (Å²) in [5.41, 5.74) is 3.66. The van der Waals surface area contributed by atoms with Crippen molar-refractivity contribution in [3.05, 3.63) is 79.0 Å². The van der Waals surface area contributed by atoms with Gasteiger partial charge >= 0.3 is 0 Å². The van der Waals surface area contributed by atoms with Crippen molar-refractivity contribution in [3.63, 3.8) is 0 Å². The first-order valence-corrected chi connectivity index (χ1v) is 8.02. The summed E-state index contributed by atoms with van der Waals surface area (Å²) in [4.78, 5) is 0. The van der Waals surface area contributed by atoms with Crippen LogP contribution in [0.3, 0.4) is 0 Å². The largest absolute Gasteiger partial charge is 0.206 e. The van der Waals surface area contributed by atoms with Gasteiger partial charge < -0.3 is 0 Å². The number of rotatable bonds is 3. The number of allylic oxidation sites excluding steroid dienone is 1. The zero-order chi connectivity index (χ0) is 15.5. The highest BCUT2D eigenvalue weighted by Gasteiger charge is 2.21. The van der Waals surface area contributed by atoms with Crippen molar-refractivity contribution in [3.8, 4) is 11.1 Å². The van der Waals surface area contributed by atoms with E-state index in [9.17, 15) is 4.39 Å². The molecule has 2 aromatic rings. The lowest BCUT2D eigenvalue weighted by Crippen LogP contribution is -2.11. The minimum atomic E-state index is -0.125. The molecule has 0 amide bonds. The zero-order valence-corrected chi connectivity index (χ0v) is 12.9. The molecule has 1 aliphatic carbocycles. The number of hydrogen-bond acceptors (Lipinski definition) is 0. The number of hydrogen-bond donors (Lipinski definition) is 0. The summed E-state index contributed by atoms with van der Waals surface area (Å²) < 4.78 is 14.5. The summed E-state index contributed by atoms with van der Waals surface area (Å²) in [6.45, 7) is 7.75. The van der Waals surface area contributed by atoms with Gasteiger partial charge in [-0.25, -0.2) is 4.39 Å². The average Bonchev–Trinajstić information content (AvgIpc) is 2.56. The fraction of sp³-hybridized carbons (Fsp3) is 0.286. The predicted molar refractivity (Wildman–Crippen MR) is 91.2 cm³/mol. The second-order valence-corrected chi connectivity index (χ2v) is 6.28. The van der Waals surface area contributed by atoms with Gasteiger partial charge in [0.15, 0.2) is 0 Å². The van der Waals surface area contributed by atoms with E-state index in [1.807, 2.05) is 30.3 Å². The van der Waals surface area contributed by atoms with Gasteiger partial charge in [-0.15, -0.1) is 18.7 Å². The van der Waals surface area contributed by atoms with Gasteiger partial charge in [0.05, 0.1) is 0 Å². The van der Waals surface area contributed by atoms with E-state index in [1.165, 1.54) is 12.8 Å². The molecule has 1 aliphatic rings. The van der Waals surface area contributed by atoms with Gasteiger partial charge in [0, 0.05) is 5.56 Å². The number of benzene rings is 2. The third kappa shape index (κ3) is 3.09. The van der Waals surface area contributed by atoms with E-state index in [-0.39, 0.29) is 5.82 Å². The van der Waals surface area contributed by atoms with Crippen molar-refractivity contribution in [2.45, 2.75) is 31.6 Å². The van der Waals surface area contributed by atoms with Crippen LogP contribution >= 0.6 is 0 Å². The summed E-state index contributed by atoms with van der Waals surface area (Å²) in [5, 5.41) is 0. The van der Waals surface area contributed by atoms with Gasteiger partial charge in [-0.2, -0.15) is 24.6 Å². The molecule has 0 saturated heterocycles. The van der Waals surface area contributed by atoms with E-state index in [0.29, 0.717) is 17.4 Å². The maximum absolute atomic E-state index is 14.5. The molecule has 1 heteroatoms. The molecule has 0 bridgehead atoms. The Morgan fingerprint density at radius 2 is 1.68 bits per heavy atom. The van der Waals surface area contributed by atoms with E-state index >= 15 is 0 Å². The molecule has 0 N–H and O–H groups in total. The lowest BCUT2D eigenvalue weighted by atomic mass is 9.78. The summed E-state index contributed by atoms with van der Waals surface area (Å²) in [6, 6.07) is 13.4. The van der Waals surface area contributed by atoms with Crippen LogP contribution in [0.5, 0.6) is 0 Å². The average molecular weight is 293 g/mol. The van der Waals surface area contributed by atoms with Crippen LogP contribution < -0.4 is 0 Å². The first-order valence-electron chi connectivity index (χ1n) is 8.02. The van der Waals surface area contributed by atoms with Gasteiger partial charge in [-0.3, -0.25) is 0 Å². The molecule has 0 aromatic heterocycles. The fourth-order valence-corrected chi connectivity index (χ4v) is 3.39. The Morgan fingerprint density at radius 1 is 1.00 bits per heavy atom. The summed E-state index contributed by atoms with van der Waals surface area (Å²) in [6.07, 6.45) is 6.66. The Hall–Kier alpha value is -2.02. The third-order valence-corrected chi connectivity index (χ3v) is 4.83. The molecule has 3 rings (SSSR count). The Balaban J connectivity index is 1.80. The van der Waals surface area contributed by atoms with Crippen molar-refractivity contribution in [1.82, 2.24) is 0 Å². The van der Waals surface area contributed by atoms with E-state index in [2.05, 4.69) is 25.6 Å². The van der Waals surface area contributed by atoms with Crippen molar-refractivity contribution in [2.75, 3.05) is 0 Å². The second kappa shape index (κ2) is 6.39. The molecule has 0 aliphatic heterocycles. The first kappa shape index (κ1) is 14.9. The van der Waals surface area contributed by atoms with Crippen LogP contribution in [0.1, 0.15) is 42.7 Å². The quantitative estimate of drug-likeness (QED) is 0.471. The molecule has 22 heavy (non-hydrogen) atoms. The van der Waals surface area contributed by atoms with Crippen LogP contribution in [0.4, 0.5) is 4.39 Å². The van der Waals surface area contributed by atoms with E-state index in [1.54, 1.807) is 6.07 Å². The molecule has 2 aromatic carbocycles. The Bertz CT molecular complexity index is 646. The Morgan fingerprint density at radius 3 is 2.27 bits per heavy atom. The lowest BCUT2D eigenvalue weighted by Gasteiger charge is -2.27. The van der Waals surface area contributed by atoms with Gasteiger partial charge in [0.1, 0.15) is 5.82 Å². The molecular weight excluding hydrogens is 271 g/mol. The topological polar surface area (TPSA) is 0 Å². The van der Waals surface area contributed by atoms with E-state index in [4.69, 9.17) is 0 Å². The maximum atomic E-state index is 14.5. The summed E-state index contributed by atoms with van der Waals surface area (Å²) in [7, 11) is 0. The molecule has 114 valence electrons. The van der Waals surface area contributed by atoms with Crippen molar-refractivity contribution in [2.24, 2.45) is 5.92 Å². The fourth-order valence-electron chi connectivity index (χ4n) is 3.39. The lowest BCUT2D eigenvalue weighted by molar-refractivity contribution is 0.375. The minimum absolute atomic E-state index is 0.125. The van der Waals surface area contributed by atoms with Crippen LogP contribution in [0.15, 0.2) is 55.1 Å². The van der Waals surface area contributed by atoms with Crippen molar-refractivity contribution >= 4 is 0 Å². The van der Waals surface area contributed by atoms with Crippen LogP contribution in [0.25, 0.3) is 11.1 Å². The summed E-state index contributed by atoms with van der Waals surface area (Å²) >= 11 is 0. The van der Waals surface area contributed by atoms with Gasteiger partial charge in [0.25, 0.3) is 0 Å². The van der Waals surface area contributed by atoms with Crippen LogP contribution in [-0.2, 0) is 0 Å². The first-order chi connectivity index (χ1) is 10.7. The van der Waals surface area contributed by atoms with E-state index < -0.39 is 0 Å². The maximum Gasteiger partial charge on any atom is 0.131 e. The standard InChI is InChI=1S/C21H22F/c1-3-16-6-10-17(11-7-16)19-12-13-20(21(22)14-19)18-8-4-15(2)5-9-18/h3-5,8-9,12-14,16-17H,1-2,6-7,10-11H2/q-1. The Labute approximate surface area is 132 Å².